The van der Waals surface area contributed by atoms with E-state index in [2.05, 4.69) is 41.1 Å². The predicted octanol–water partition coefficient (Wildman–Crippen LogP) is 3.85. The minimum absolute atomic E-state index is 0.507. The van der Waals surface area contributed by atoms with Gasteiger partial charge in [0.15, 0.2) is 11.5 Å². The van der Waals surface area contributed by atoms with Crippen molar-refractivity contribution in [1.29, 1.82) is 0 Å². The van der Waals surface area contributed by atoms with Crippen molar-refractivity contribution in [2.24, 2.45) is 5.73 Å². The van der Waals surface area contributed by atoms with Gasteiger partial charge in [0, 0.05) is 0 Å². The molecular formula is C17H20BrNO2. The van der Waals surface area contributed by atoms with E-state index in [0.29, 0.717) is 13.2 Å². The molecule has 0 aliphatic heterocycles. The molecule has 0 aliphatic rings. The first-order chi connectivity index (χ1) is 10.1. The molecule has 112 valence electrons. The molecule has 4 heteroatoms. The van der Waals surface area contributed by atoms with Crippen LogP contribution in [0.15, 0.2) is 40.9 Å². The number of halogens is 1. The van der Waals surface area contributed by atoms with Crippen LogP contribution in [0.1, 0.15) is 16.7 Å². The van der Waals surface area contributed by atoms with Crippen LogP contribution >= 0.6 is 15.9 Å². The van der Waals surface area contributed by atoms with E-state index in [4.69, 9.17) is 15.2 Å². The Bertz CT molecular complexity index is 614. The lowest BCUT2D eigenvalue weighted by Gasteiger charge is -2.14. The molecule has 0 amide bonds. The molecule has 0 spiro atoms. The quantitative estimate of drug-likeness (QED) is 0.861. The zero-order valence-corrected chi connectivity index (χ0v) is 13.9. The highest BCUT2D eigenvalue weighted by Gasteiger charge is 2.11. The minimum Gasteiger partial charge on any atom is -0.493 e. The van der Waals surface area contributed by atoms with Gasteiger partial charge >= 0.3 is 0 Å². The third kappa shape index (κ3) is 4.22. The summed E-state index contributed by atoms with van der Waals surface area (Å²) in [5, 5.41) is 0. The van der Waals surface area contributed by atoms with Crippen molar-refractivity contribution >= 4 is 15.9 Å². The number of hydrogen-bond acceptors (Lipinski definition) is 3. The maximum Gasteiger partial charge on any atom is 0.175 e. The average molecular weight is 350 g/mol. The van der Waals surface area contributed by atoms with E-state index in [1.807, 2.05) is 18.2 Å². The first-order valence-electron chi connectivity index (χ1n) is 6.89. The fourth-order valence-corrected chi connectivity index (χ4v) is 2.79. The standard InChI is InChI=1S/C17H20BrNO2/c1-12-4-3-5-14(8-12)11-21-17-15(18)9-13(6-7-19)10-16(17)20-2/h3-5,8-10H,6-7,11,19H2,1-2H3. The van der Waals surface area contributed by atoms with Crippen molar-refractivity contribution in [3.05, 3.63) is 57.6 Å². The summed E-state index contributed by atoms with van der Waals surface area (Å²) in [7, 11) is 1.65. The predicted molar refractivity (Wildman–Crippen MR) is 89.0 cm³/mol. The highest BCUT2D eigenvalue weighted by atomic mass is 79.9. The molecule has 0 radical (unpaired) electrons. The molecule has 0 unspecified atom stereocenters. The summed E-state index contributed by atoms with van der Waals surface area (Å²) < 4.78 is 12.2. The Labute approximate surface area is 134 Å². The Kier molecular flexibility index (Phi) is 5.65. The van der Waals surface area contributed by atoms with Gasteiger partial charge in [-0.2, -0.15) is 0 Å². The number of methoxy groups -OCH3 is 1. The lowest BCUT2D eigenvalue weighted by molar-refractivity contribution is 0.282. The molecule has 2 rings (SSSR count). The van der Waals surface area contributed by atoms with Gasteiger partial charge in [-0.3, -0.25) is 0 Å². The van der Waals surface area contributed by atoms with Gasteiger partial charge in [0.1, 0.15) is 6.61 Å². The lowest BCUT2D eigenvalue weighted by Crippen LogP contribution is -2.04. The van der Waals surface area contributed by atoms with Gasteiger partial charge in [-0.25, -0.2) is 0 Å². The van der Waals surface area contributed by atoms with Gasteiger partial charge in [0.2, 0.25) is 0 Å². The summed E-state index contributed by atoms with van der Waals surface area (Å²) in [6.45, 7) is 3.19. The molecule has 2 aromatic rings. The fraction of sp³-hybridized carbons (Fsp3) is 0.294. The van der Waals surface area contributed by atoms with Crippen molar-refractivity contribution in [2.75, 3.05) is 13.7 Å². The van der Waals surface area contributed by atoms with Crippen LogP contribution < -0.4 is 15.2 Å². The van der Waals surface area contributed by atoms with Crippen LogP contribution in [0.25, 0.3) is 0 Å². The molecule has 0 aromatic heterocycles. The Morgan fingerprint density at radius 3 is 2.62 bits per heavy atom. The summed E-state index contributed by atoms with van der Waals surface area (Å²) >= 11 is 3.55. The highest BCUT2D eigenvalue weighted by Crippen LogP contribution is 2.37. The molecular weight excluding hydrogens is 330 g/mol. The second-order valence-electron chi connectivity index (χ2n) is 4.93. The zero-order valence-electron chi connectivity index (χ0n) is 12.4. The maximum atomic E-state index is 5.93. The molecule has 0 saturated heterocycles. The molecule has 0 bridgehead atoms. The molecule has 2 aromatic carbocycles. The van der Waals surface area contributed by atoms with Crippen molar-refractivity contribution in [3.8, 4) is 11.5 Å². The second-order valence-corrected chi connectivity index (χ2v) is 5.78. The molecule has 0 aliphatic carbocycles. The lowest BCUT2D eigenvalue weighted by atomic mass is 10.1. The van der Waals surface area contributed by atoms with Crippen LogP contribution in [-0.4, -0.2) is 13.7 Å². The first-order valence-corrected chi connectivity index (χ1v) is 7.68. The summed E-state index contributed by atoms with van der Waals surface area (Å²) in [5.74, 6) is 1.44. The molecule has 0 atom stereocenters. The van der Waals surface area contributed by atoms with Crippen molar-refractivity contribution in [3.63, 3.8) is 0 Å². The number of rotatable bonds is 6. The Morgan fingerprint density at radius 2 is 1.95 bits per heavy atom. The number of nitrogens with two attached hydrogens (primary N) is 1. The summed E-state index contributed by atoms with van der Waals surface area (Å²) in [4.78, 5) is 0. The van der Waals surface area contributed by atoms with Crippen LogP contribution in [-0.2, 0) is 13.0 Å². The maximum absolute atomic E-state index is 5.93. The average Bonchev–Trinajstić information content (AvgIpc) is 2.46. The van der Waals surface area contributed by atoms with Crippen LogP contribution in [0.5, 0.6) is 11.5 Å². The highest BCUT2D eigenvalue weighted by molar-refractivity contribution is 9.10. The summed E-state index contributed by atoms with van der Waals surface area (Å²) in [5.41, 5.74) is 9.09. The van der Waals surface area contributed by atoms with Crippen molar-refractivity contribution < 1.29 is 9.47 Å². The smallest absolute Gasteiger partial charge is 0.175 e. The topological polar surface area (TPSA) is 44.5 Å². The summed E-state index contributed by atoms with van der Waals surface area (Å²) in [6, 6.07) is 12.3. The number of aryl methyl sites for hydroxylation is 1. The van der Waals surface area contributed by atoms with Gasteiger partial charge in [-0.15, -0.1) is 0 Å². The zero-order chi connectivity index (χ0) is 15.2. The number of hydrogen-bond donors (Lipinski definition) is 1. The van der Waals surface area contributed by atoms with E-state index in [-0.39, 0.29) is 0 Å². The van der Waals surface area contributed by atoms with Gasteiger partial charge in [0.25, 0.3) is 0 Å². The van der Waals surface area contributed by atoms with Gasteiger partial charge in [-0.1, -0.05) is 29.8 Å². The largest absolute Gasteiger partial charge is 0.493 e. The molecule has 0 saturated carbocycles. The first kappa shape index (κ1) is 15.9. The van der Waals surface area contributed by atoms with E-state index >= 15 is 0 Å². The van der Waals surface area contributed by atoms with E-state index < -0.39 is 0 Å². The van der Waals surface area contributed by atoms with Crippen LogP contribution in [0.3, 0.4) is 0 Å². The SMILES string of the molecule is COc1cc(CCN)cc(Br)c1OCc1cccc(C)c1. The van der Waals surface area contributed by atoms with Gasteiger partial charge in [-0.05, 0) is 59.1 Å². The molecule has 3 nitrogen and oxygen atoms in total. The van der Waals surface area contributed by atoms with Crippen LogP contribution in [0.4, 0.5) is 0 Å². The molecule has 0 heterocycles. The molecule has 2 N–H and O–H groups in total. The normalized spacial score (nSPS) is 10.5. The van der Waals surface area contributed by atoms with Gasteiger partial charge in [0.05, 0.1) is 11.6 Å². The monoisotopic (exact) mass is 349 g/mol. The fourth-order valence-electron chi connectivity index (χ4n) is 2.18. The Morgan fingerprint density at radius 1 is 1.14 bits per heavy atom. The summed E-state index contributed by atoms with van der Waals surface area (Å²) in [6.07, 6.45) is 0.813. The Balaban J connectivity index is 2.19. The van der Waals surface area contributed by atoms with E-state index in [1.54, 1.807) is 7.11 Å². The van der Waals surface area contributed by atoms with Crippen molar-refractivity contribution in [1.82, 2.24) is 0 Å². The number of ether oxygens (including phenoxy) is 2. The second kappa shape index (κ2) is 7.48. The van der Waals surface area contributed by atoms with E-state index in [0.717, 1.165) is 33.5 Å². The third-order valence-corrected chi connectivity index (χ3v) is 3.78. The minimum atomic E-state index is 0.507. The molecule has 0 fully saturated rings. The Hall–Kier alpha value is -1.52. The van der Waals surface area contributed by atoms with Gasteiger partial charge < -0.3 is 15.2 Å². The van der Waals surface area contributed by atoms with E-state index in [9.17, 15) is 0 Å². The third-order valence-electron chi connectivity index (χ3n) is 3.19. The van der Waals surface area contributed by atoms with E-state index in [1.165, 1.54) is 5.56 Å². The molecule has 21 heavy (non-hydrogen) atoms. The number of benzene rings is 2. The van der Waals surface area contributed by atoms with Crippen LogP contribution in [0.2, 0.25) is 0 Å². The van der Waals surface area contributed by atoms with Crippen LogP contribution in [0, 0.1) is 6.92 Å². The van der Waals surface area contributed by atoms with Crippen molar-refractivity contribution in [2.45, 2.75) is 20.0 Å².